The molecule has 0 radical (unpaired) electrons. The monoisotopic (exact) mass is 276 g/mol. The fourth-order valence-electron chi connectivity index (χ4n) is 1.95. The highest BCUT2D eigenvalue weighted by Gasteiger charge is 2.31. The molecule has 2 N–H and O–H groups in total. The number of halogens is 1. The average Bonchev–Trinajstić information content (AvgIpc) is 2.71. The minimum Gasteiger partial charge on any atom is -0.383 e. The second kappa shape index (κ2) is 6.71. The van der Waals surface area contributed by atoms with Gasteiger partial charge in [-0.1, -0.05) is 18.5 Å². The molecule has 1 rings (SSSR count). The van der Waals surface area contributed by atoms with Crippen LogP contribution in [0.2, 0.25) is 4.34 Å². The number of nitrogens with two attached hydrogens (primary N) is 1. The first-order valence-corrected chi connectivity index (χ1v) is 6.92. The summed E-state index contributed by atoms with van der Waals surface area (Å²) in [6, 6.07) is 4.00. The molecule has 17 heavy (non-hydrogen) atoms. The molecule has 0 fully saturated rings. The van der Waals surface area contributed by atoms with E-state index in [1.807, 2.05) is 6.07 Å². The van der Waals surface area contributed by atoms with Crippen LogP contribution in [0.5, 0.6) is 0 Å². The Morgan fingerprint density at radius 2 is 2.24 bits per heavy atom. The Morgan fingerprint density at radius 3 is 2.65 bits per heavy atom. The van der Waals surface area contributed by atoms with Crippen molar-refractivity contribution in [1.82, 2.24) is 4.90 Å². The smallest absolute Gasteiger partial charge is 0.0931 e. The van der Waals surface area contributed by atoms with Crippen LogP contribution in [0.4, 0.5) is 0 Å². The van der Waals surface area contributed by atoms with Crippen LogP contribution in [0.25, 0.3) is 0 Å². The molecule has 0 saturated heterocycles. The number of methoxy groups -OCH3 is 1. The van der Waals surface area contributed by atoms with Gasteiger partial charge in [0.15, 0.2) is 0 Å². The predicted molar refractivity (Wildman–Crippen MR) is 74.7 cm³/mol. The van der Waals surface area contributed by atoms with Crippen molar-refractivity contribution in [3.8, 4) is 0 Å². The number of nitrogens with zero attached hydrogens (tertiary/aromatic N) is 1. The molecule has 0 aliphatic carbocycles. The lowest BCUT2D eigenvalue weighted by atomic mass is 9.95. The first-order valence-electron chi connectivity index (χ1n) is 5.72. The van der Waals surface area contributed by atoms with E-state index in [1.165, 1.54) is 4.88 Å². The Kier molecular flexibility index (Phi) is 5.89. The molecule has 0 bridgehead atoms. The van der Waals surface area contributed by atoms with Crippen LogP contribution in [0.15, 0.2) is 12.1 Å². The first kappa shape index (κ1) is 14.9. The Hall–Kier alpha value is -0.130. The number of ether oxygens (including phenoxy) is 1. The van der Waals surface area contributed by atoms with Crippen molar-refractivity contribution in [3.63, 3.8) is 0 Å². The van der Waals surface area contributed by atoms with Crippen LogP contribution in [0, 0.1) is 0 Å². The lowest BCUT2D eigenvalue weighted by Gasteiger charge is -2.39. The summed E-state index contributed by atoms with van der Waals surface area (Å²) in [5.41, 5.74) is 5.83. The lowest BCUT2D eigenvalue weighted by molar-refractivity contribution is 0.0239. The summed E-state index contributed by atoms with van der Waals surface area (Å²) in [4.78, 5) is 3.51. The normalized spacial score (nSPS) is 15.2. The highest BCUT2D eigenvalue weighted by molar-refractivity contribution is 7.16. The minimum absolute atomic E-state index is 0.0920. The maximum atomic E-state index is 5.94. The van der Waals surface area contributed by atoms with E-state index >= 15 is 0 Å². The van der Waals surface area contributed by atoms with E-state index in [-0.39, 0.29) is 5.54 Å². The third kappa shape index (κ3) is 3.66. The Morgan fingerprint density at radius 1 is 1.53 bits per heavy atom. The van der Waals surface area contributed by atoms with E-state index in [0.29, 0.717) is 13.2 Å². The summed E-state index contributed by atoms with van der Waals surface area (Å²) < 4.78 is 6.14. The maximum absolute atomic E-state index is 5.94. The van der Waals surface area contributed by atoms with Crippen molar-refractivity contribution in [1.29, 1.82) is 0 Å². The van der Waals surface area contributed by atoms with Gasteiger partial charge < -0.3 is 10.5 Å². The Balaban J connectivity index is 2.74. The van der Waals surface area contributed by atoms with Gasteiger partial charge in [-0.15, -0.1) is 11.3 Å². The third-order valence-corrected chi connectivity index (χ3v) is 4.50. The zero-order chi connectivity index (χ0) is 12.9. The lowest BCUT2D eigenvalue weighted by Crippen LogP contribution is -2.54. The van der Waals surface area contributed by atoms with Gasteiger partial charge in [0.25, 0.3) is 0 Å². The summed E-state index contributed by atoms with van der Waals surface area (Å²) in [5, 5.41) is 0. The van der Waals surface area contributed by atoms with E-state index in [2.05, 4.69) is 24.9 Å². The molecule has 0 aliphatic heterocycles. The number of rotatable bonds is 7. The van der Waals surface area contributed by atoms with Crippen LogP contribution in [-0.2, 0) is 11.3 Å². The van der Waals surface area contributed by atoms with E-state index in [9.17, 15) is 0 Å². The van der Waals surface area contributed by atoms with Crippen molar-refractivity contribution in [2.24, 2.45) is 5.73 Å². The fourth-order valence-corrected chi connectivity index (χ4v) is 3.09. The standard InChI is InChI=1S/C12H21ClN2OS/c1-4-12(8-14,9-16-3)15(2)7-10-5-6-11(13)17-10/h5-6H,4,7-9,14H2,1-3H3. The van der Waals surface area contributed by atoms with E-state index in [4.69, 9.17) is 22.1 Å². The minimum atomic E-state index is -0.0920. The summed E-state index contributed by atoms with van der Waals surface area (Å²) >= 11 is 7.55. The van der Waals surface area contributed by atoms with Crippen molar-refractivity contribution in [2.45, 2.75) is 25.4 Å². The van der Waals surface area contributed by atoms with Crippen molar-refractivity contribution in [3.05, 3.63) is 21.3 Å². The molecular formula is C12H21ClN2OS. The van der Waals surface area contributed by atoms with Crippen LogP contribution in [-0.4, -0.2) is 37.7 Å². The van der Waals surface area contributed by atoms with Gasteiger partial charge in [0.05, 0.1) is 16.5 Å². The van der Waals surface area contributed by atoms with Gasteiger partial charge in [0.1, 0.15) is 0 Å². The predicted octanol–water partition coefficient (Wildman–Crippen LogP) is 2.59. The molecule has 3 nitrogen and oxygen atoms in total. The Bertz CT molecular complexity index is 339. The summed E-state index contributed by atoms with van der Waals surface area (Å²) in [6.45, 7) is 4.23. The van der Waals surface area contributed by atoms with Crippen LogP contribution >= 0.6 is 22.9 Å². The average molecular weight is 277 g/mol. The van der Waals surface area contributed by atoms with Gasteiger partial charge in [-0.2, -0.15) is 0 Å². The fraction of sp³-hybridized carbons (Fsp3) is 0.667. The molecular weight excluding hydrogens is 256 g/mol. The summed E-state index contributed by atoms with van der Waals surface area (Å²) in [6.07, 6.45) is 0.965. The highest BCUT2D eigenvalue weighted by Crippen LogP contribution is 2.26. The van der Waals surface area contributed by atoms with Crippen LogP contribution < -0.4 is 5.73 Å². The van der Waals surface area contributed by atoms with Crippen molar-refractivity contribution < 1.29 is 4.74 Å². The Labute approximate surface area is 113 Å². The van der Waals surface area contributed by atoms with E-state index < -0.39 is 0 Å². The van der Waals surface area contributed by atoms with E-state index in [0.717, 1.165) is 17.3 Å². The zero-order valence-corrected chi connectivity index (χ0v) is 12.3. The molecule has 1 atom stereocenters. The van der Waals surface area contributed by atoms with Crippen molar-refractivity contribution in [2.75, 3.05) is 27.3 Å². The van der Waals surface area contributed by atoms with Gasteiger partial charge >= 0.3 is 0 Å². The first-order chi connectivity index (χ1) is 8.07. The highest BCUT2D eigenvalue weighted by atomic mass is 35.5. The summed E-state index contributed by atoms with van der Waals surface area (Å²) in [5.74, 6) is 0. The molecule has 1 aromatic rings. The maximum Gasteiger partial charge on any atom is 0.0931 e. The second-order valence-electron chi connectivity index (χ2n) is 4.28. The van der Waals surface area contributed by atoms with Gasteiger partial charge in [-0.3, -0.25) is 4.90 Å². The topological polar surface area (TPSA) is 38.5 Å². The molecule has 1 heterocycles. The molecule has 0 amide bonds. The van der Waals surface area contributed by atoms with Crippen LogP contribution in [0.3, 0.4) is 0 Å². The SMILES string of the molecule is CCC(CN)(COC)N(C)Cc1ccc(Cl)s1. The largest absolute Gasteiger partial charge is 0.383 e. The molecule has 98 valence electrons. The zero-order valence-electron chi connectivity index (χ0n) is 10.7. The molecule has 1 aromatic heterocycles. The molecule has 1 unspecified atom stereocenters. The summed E-state index contributed by atoms with van der Waals surface area (Å²) in [7, 11) is 3.80. The number of hydrogen-bond acceptors (Lipinski definition) is 4. The molecule has 0 aromatic carbocycles. The quantitative estimate of drug-likeness (QED) is 0.832. The third-order valence-electron chi connectivity index (χ3n) is 3.28. The van der Waals surface area contributed by atoms with Crippen molar-refractivity contribution >= 4 is 22.9 Å². The molecule has 5 heteroatoms. The van der Waals surface area contributed by atoms with Gasteiger partial charge in [-0.05, 0) is 25.6 Å². The van der Waals surface area contributed by atoms with Gasteiger partial charge in [0.2, 0.25) is 0 Å². The van der Waals surface area contributed by atoms with Gasteiger partial charge in [-0.25, -0.2) is 0 Å². The number of thiophene rings is 1. The molecule has 0 aliphatic rings. The van der Waals surface area contributed by atoms with E-state index in [1.54, 1.807) is 18.4 Å². The molecule has 0 spiro atoms. The number of hydrogen-bond donors (Lipinski definition) is 1. The van der Waals surface area contributed by atoms with Gasteiger partial charge in [0, 0.05) is 25.1 Å². The second-order valence-corrected chi connectivity index (χ2v) is 6.08. The van der Waals surface area contributed by atoms with Crippen LogP contribution in [0.1, 0.15) is 18.2 Å². The number of likely N-dealkylation sites (N-methyl/N-ethyl adjacent to an activating group) is 1. The molecule has 0 saturated carbocycles.